The maximum Gasteiger partial charge on any atom is 0.255 e. The third-order valence-corrected chi connectivity index (χ3v) is 5.66. The Hall–Kier alpha value is -3.45. The Kier molecular flexibility index (Phi) is 6.97. The normalized spacial score (nSPS) is 13.7. The number of hydrogen-bond donors (Lipinski definition) is 1. The van der Waals surface area contributed by atoms with E-state index in [-0.39, 0.29) is 17.9 Å². The van der Waals surface area contributed by atoms with Crippen LogP contribution in [0.3, 0.4) is 0 Å². The molecule has 0 spiro atoms. The smallest absolute Gasteiger partial charge is 0.255 e. The molecule has 2 aromatic carbocycles. The summed E-state index contributed by atoms with van der Waals surface area (Å²) in [7, 11) is 0. The van der Waals surface area contributed by atoms with E-state index in [9.17, 15) is 9.59 Å². The summed E-state index contributed by atoms with van der Waals surface area (Å²) in [6.45, 7) is 4.95. The topological polar surface area (TPSA) is 78.5 Å². The van der Waals surface area contributed by atoms with Gasteiger partial charge in [0.05, 0.1) is 19.8 Å². The number of rotatable bonds is 7. The second-order valence-corrected chi connectivity index (χ2v) is 7.85. The van der Waals surface area contributed by atoms with Crippen LogP contribution in [0.2, 0.25) is 0 Å². The van der Waals surface area contributed by atoms with Crippen molar-refractivity contribution in [1.82, 2.24) is 9.97 Å². The molecule has 1 fully saturated rings. The van der Waals surface area contributed by atoms with Crippen molar-refractivity contribution in [1.29, 1.82) is 0 Å². The summed E-state index contributed by atoms with van der Waals surface area (Å²) in [4.78, 5) is 37.3. The number of aromatic nitrogens is 2. The molecule has 0 atom stereocenters. The Bertz CT molecular complexity index is 1090. The Morgan fingerprint density at radius 2 is 1.72 bits per heavy atom. The van der Waals surface area contributed by atoms with Crippen molar-refractivity contribution in [2.45, 2.75) is 26.3 Å². The molecular formula is C25H28N4O3. The molecule has 0 bridgehead atoms. The van der Waals surface area contributed by atoms with Gasteiger partial charge in [0, 0.05) is 36.5 Å². The highest BCUT2D eigenvalue weighted by molar-refractivity contribution is 5.93. The van der Waals surface area contributed by atoms with Gasteiger partial charge in [0.15, 0.2) is 0 Å². The van der Waals surface area contributed by atoms with Crippen molar-refractivity contribution in [3.63, 3.8) is 0 Å². The molecule has 32 heavy (non-hydrogen) atoms. The monoisotopic (exact) mass is 432 g/mol. The zero-order chi connectivity index (χ0) is 22.3. The van der Waals surface area contributed by atoms with Gasteiger partial charge < -0.3 is 14.5 Å². The van der Waals surface area contributed by atoms with E-state index in [1.54, 1.807) is 4.90 Å². The summed E-state index contributed by atoms with van der Waals surface area (Å²) >= 11 is 0. The number of amides is 1. The van der Waals surface area contributed by atoms with Gasteiger partial charge in [0.1, 0.15) is 0 Å². The van der Waals surface area contributed by atoms with E-state index in [0.29, 0.717) is 56.5 Å². The van der Waals surface area contributed by atoms with Crippen LogP contribution in [0, 0.1) is 6.92 Å². The number of anilines is 2. The van der Waals surface area contributed by atoms with Crippen LogP contribution < -0.4 is 15.4 Å². The minimum absolute atomic E-state index is 0.0314. The van der Waals surface area contributed by atoms with Crippen LogP contribution in [-0.4, -0.2) is 42.2 Å². The van der Waals surface area contributed by atoms with Crippen molar-refractivity contribution in [3.8, 4) is 0 Å². The van der Waals surface area contributed by atoms with Gasteiger partial charge in [-0.3, -0.25) is 14.6 Å². The van der Waals surface area contributed by atoms with Crippen LogP contribution in [0.25, 0.3) is 0 Å². The van der Waals surface area contributed by atoms with E-state index in [1.807, 2.05) is 72.5 Å². The average molecular weight is 433 g/mol. The highest BCUT2D eigenvalue weighted by Gasteiger charge is 2.19. The van der Waals surface area contributed by atoms with Gasteiger partial charge in [-0.25, -0.2) is 4.98 Å². The summed E-state index contributed by atoms with van der Waals surface area (Å²) in [5.41, 5.74) is 2.93. The van der Waals surface area contributed by atoms with Crippen LogP contribution in [0.5, 0.6) is 0 Å². The number of nitrogens with zero attached hydrogens (tertiary/aromatic N) is 3. The first-order chi connectivity index (χ1) is 15.6. The second kappa shape index (κ2) is 10.2. The van der Waals surface area contributed by atoms with Gasteiger partial charge in [-0.2, -0.15) is 0 Å². The fourth-order valence-electron chi connectivity index (χ4n) is 3.88. The number of para-hydroxylation sites is 1. The average Bonchev–Trinajstić information content (AvgIpc) is 2.83. The molecule has 4 rings (SSSR count). The molecule has 1 N–H and O–H groups in total. The maximum absolute atomic E-state index is 13.2. The highest BCUT2D eigenvalue weighted by Crippen LogP contribution is 2.19. The number of benzene rings is 2. The van der Waals surface area contributed by atoms with Crippen molar-refractivity contribution < 1.29 is 9.53 Å². The number of carbonyl (C=O) groups is 1. The number of morpholine rings is 1. The lowest BCUT2D eigenvalue weighted by atomic mass is 10.1. The summed E-state index contributed by atoms with van der Waals surface area (Å²) in [5, 5.41) is 0. The van der Waals surface area contributed by atoms with Crippen LogP contribution in [-0.2, 0) is 22.5 Å². The first-order valence-electron chi connectivity index (χ1n) is 10.9. The van der Waals surface area contributed by atoms with E-state index in [2.05, 4.69) is 9.97 Å². The number of H-pyrrole nitrogens is 1. The number of ether oxygens (including phenoxy) is 1. The molecule has 166 valence electrons. The molecule has 1 aliphatic heterocycles. The molecule has 1 saturated heterocycles. The first-order valence-corrected chi connectivity index (χ1v) is 10.9. The second-order valence-electron chi connectivity index (χ2n) is 7.85. The largest absolute Gasteiger partial charge is 0.378 e. The lowest BCUT2D eigenvalue weighted by Gasteiger charge is -2.27. The molecule has 0 saturated carbocycles. The van der Waals surface area contributed by atoms with Gasteiger partial charge in [0.25, 0.3) is 5.56 Å². The molecule has 7 nitrogen and oxygen atoms in total. The van der Waals surface area contributed by atoms with Crippen LogP contribution in [0.15, 0.2) is 65.5 Å². The number of hydrogen-bond acceptors (Lipinski definition) is 5. The van der Waals surface area contributed by atoms with E-state index >= 15 is 0 Å². The Balaban J connectivity index is 1.49. The molecule has 0 unspecified atom stereocenters. The predicted molar refractivity (Wildman–Crippen MR) is 125 cm³/mol. The summed E-state index contributed by atoms with van der Waals surface area (Å²) in [6, 6.07) is 19.5. The van der Waals surface area contributed by atoms with Crippen LogP contribution in [0.1, 0.15) is 23.2 Å². The van der Waals surface area contributed by atoms with Gasteiger partial charge in [-0.1, -0.05) is 48.5 Å². The maximum atomic E-state index is 13.2. The standard InChI is InChI=1S/C25H28N4O3/c1-19-22(24(31)27-25(26-19)28-14-16-32-17-15-28)12-13-23(30)29(21-10-6-3-7-11-21)18-20-8-4-2-5-9-20/h2-11H,12-18H2,1H3,(H,26,27,31). The lowest BCUT2D eigenvalue weighted by molar-refractivity contribution is -0.118. The molecular weight excluding hydrogens is 404 g/mol. The first kappa shape index (κ1) is 21.8. The summed E-state index contributed by atoms with van der Waals surface area (Å²) < 4.78 is 5.37. The van der Waals surface area contributed by atoms with Gasteiger partial charge in [-0.15, -0.1) is 0 Å². The predicted octanol–water partition coefficient (Wildman–Crippen LogP) is 3.08. The molecule has 3 aromatic rings. The summed E-state index contributed by atoms with van der Waals surface area (Å²) in [5.74, 6) is 0.539. The van der Waals surface area contributed by atoms with Gasteiger partial charge in [0.2, 0.25) is 11.9 Å². The minimum atomic E-state index is -0.180. The highest BCUT2D eigenvalue weighted by atomic mass is 16.5. The zero-order valence-electron chi connectivity index (χ0n) is 18.3. The van der Waals surface area contributed by atoms with Gasteiger partial charge >= 0.3 is 0 Å². The third-order valence-electron chi connectivity index (χ3n) is 5.66. The molecule has 7 heteroatoms. The fourth-order valence-corrected chi connectivity index (χ4v) is 3.88. The van der Waals surface area contributed by atoms with Crippen LogP contribution >= 0.6 is 0 Å². The van der Waals surface area contributed by atoms with Crippen LogP contribution in [0.4, 0.5) is 11.6 Å². The Morgan fingerprint density at radius 1 is 1.06 bits per heavy atom. The molecule has 1 aromatic heterocycles. The third kappa shape index (κ3) is 5.23. The molecule has 0 radical (unpaired) electrons. The summed E-state index contributed by atoms with van der Waals surface area (Å²) in [6.07, 6.45) is 0.568. The van der Waals surface area contributed by atoms with Crippen molar-refractivity contribution in [2.75, 3.05) is 36.1 Å². The Labute approximate surface area is 187 Å². The van der Waals surface area contributed by atoms with Crippen molar-refractivity contribution in [3.05, 3.63) is 87.8 Å². The fraction of sp³-hybridized carbons (Fsp3) is 0.320. The van der Waals surface area contributed by atoms with E-state index in [4.69, 9.17) is 4.74 Å². The van der Waals surface area contributed by atoms with E-state index in [1.165, 1.54) is 0 Å². The zero-order valence-corrected chi connectivity index (χ0v) is 18.3. The van der Waals surface area contributed by atoms with Gasteiger partial charge in [-0.05, 0) is 31.0 Å². The lowest BCUT2D eigenvalue weighted by Crippen LogP contribution is -2.38. The van der Waals surface area contributed by atoms with Crippen molar-refractivity contribution in [2.24, 2.45) is 0 Å². The van der Waals surface area contributed by atoms with E-state index < -0.39 is 0 Å². The van der Waals surface area contributed by atoms with Crippen molar-refractivity contribution >= 4 is 17.5 Å². The Morgan fingerprint density at radius 3 is 2.38 bits per heavy atom. The number of aryl methyl sites for hydroxylation is 1. The number of nitrogens with one attached hydrogen (secondary N) is 1. The minimum Gasteiger partial charge on any atom is -0.378 e. The number of aromatic amines is 1. The SMILES string of the molecule is Cc1nc(N2CCOCC2)[nH]c(=O)c1CCC(=O)N(Cc1ccccc1)c1ccccc1. The molecule has 1 aliphatic rings. The molecule has 2 heterocycles. The van der Waals surface area contributed by atoms with E-state index in [0.717, 1.165) is 11.3 Å². The quantitative estimate of drug-likeness (QED) is 0.621. The number of carbonyl (C=O) groups excluding carboxylic acids is 1. The molecule has 1 amide bonds. The molecule has 0 aliphatic carbocycles.